The molecule has 2 fully saturated rings. The first-order valence-corrected chi connectivity index (χ1v) is 8.17. The van der Waals surface area contributed by atoms with E-state index >= 15 is 0 Å². The molecule has 0 spiro atoms. The van der Waals surface area contributed by atoms with Crippen molar-refractivity contribution in [2.24, 2.45) is 17.8 Å². The zero-order valence-corrected chi connectivity index (χ0v) is 13.1. The summed E-state index contributed by atoms with van der Waals surface area (Å²) in [5.41, 5.74) is 0. The molecular formula is C16H30N2O2. The first-order valence-electron chi connectivity index (χ1n) is 8.17. The lowest BCUT2D eigenvalue weighted by atomic mass is 9.78. The molecule has 4 heteroatoms. The number of nitrogens with zero attached hydrogens (tertiary/aromatic N) is 1. The molecule has 5 unspecified atom stereocenters. The fourth-order valence-corrected chi connectivity index (χ4v) is 3.60. The van der Waals surface area contributed by atoms with E-state index in [2.05, 4.69) is 31.0 Å². The minimum atomic E-state index is -0.200. The van der Waals surface area contributed by atoms with Crippen molar-refractivity contribution in [1.82, 2.24) is 10.2 Å². The Kier molecular flexibility index (Phi) is 5.44. The van der Waals surface area contributed by atoms with E-state index in [4.69, 9.17) is 0 Å². The molecule has 1 aliphatic heterocycles. The number of hydrogen-bond donors (Lipinski definition) is 2. The molecule has 1 saturated carbocycles. The monoisotopic (exact) mass is 282 g/mol. The summed E-state index contributed by atoms with van der Waals surface area (Å²) in [4.78, 5) is 14.4. The van der Waals surface area contributed by atoms with Crippen molar-refractivity contribution in [3.8, 4) is 0 Å². The average molecular weight is 282 g/mol. The van der Waals surface area contributed by atoms with Crippen LogP contribution in [0, 0.1) is 17.8 Å². The van der Waals surface area contributed by atoms with Crippen LogP contribution >= 0.6 is 0 Å². The number of amides is 1. The van der Waals surface area contributed by atoms with E-state index in [1.807, 2.05) is 0 Å². The van der Waals surface area contributed by atoms with Crippen LogP contribution in [0.15, 0.2) is 0 Å². The SMILES string of the molecule is CC1CN(CC(=O)NC2CCCC(C)C2C)CCC1O. The molecule has 116 valence electrons. The number of aliphatic hydroxyl groups is 1. The minimum absolute atomic E-state index is 0.152. The smallest absolute Gasteiger partial charge is 0.234 e. The summed E-state index contributed by atoms with van der Waals surface area (Å²) in [5, 5.41) is 13.0. The van der Waals surface area contributed by atoms with E-state index in [1.165, 1.54) is 12.8 Å². The van der Waals surface area contributed by atoms with Crippen molar-refractivity contribution in [2.75, 3.05) is 19.6 Å². The molecular weight excluding hydrogens is 252 g/mol. The minimum Gasteiger partial charge on any atom is -0.393 e. The molecule has 0 radical (unpaired) electrons. The number of aliphatic hydroxyl groups excluding tert-OH is 1. The van der Waals surface area contributed by atoms with Crippen molar-refractivity contribution in [2.45, 2.75) is 58.6 Å². The maximum atomic E-state index is 12.2. The van der Waals surface area contributed by atoms with E-state index in [-0.39, 0.29) is 17.9 Å². The maximum Gasteiger partial charge on any atom is 0.234 e. The number of carbonyl (C=O) groups is 1. The maximum absolute atomic E-state index is 12.2. The highest BCUT2D eigenvalue weighted by Gasteiger charge is 2.29. The Bertz CT molecular complexity index is 334. The van der Waals surface area contributed by atoms with Crippen LogP contribution < -0.4 is 5.32 Å². The fraction of sp³-hybridized carbons (Fsp3) is 0.938. The van der Waals surface area contributed by atoms with Gasteiger partial charge in [-0.3, -0.25) is 9.69 Å². The van der Waals surface area contributed by atoms with Crippen LogP contribution in [-0.2, 0) is 4.79 Å². The van der Waals surface area contributed by atoms with Crippen LogP contribution in [0.3, 0.4) is 0 Å². The molecule has 0 aromatic heterocycles. The molecule has 20 heavy (non-hydrogen) atoms. The van der Waals surface area contributed by atoms with Gasteiger partial charge in [-0.1, -0.05) is 33.6 Å². The van der Waals surface area contributed by atoms with Gasteiger partial charge in [0.2, 0.25) is 5.91 Å². The van der Waals surface area contributed by atoms with Crippen LogP contribution in [0.5, 0.6) is 0 Å². The summed E-state index contributed by atoms with van der Waals surface area (Å²) in [6, 6.07) is 0.346. The number of likely N-dealkylation sites (tertiary alicyclic amines) is 1. The fourth-order valence-electron chi connectivity index (χ4n) is 3.60. The second kappa shape index (κ2) is 6.90. The number of hydrogen-bond acceptors (Lipinski definition) is 3. The quantitative estimate of drug-likeness (QED) is 0.827. The summed E-state index contributed by atoms with van der Waals surface area (Å²) in [7, 11) is 0. The van der Waals surface area contributed by atoms with Crippen molar-refractivity contribution in [1.29, 1.82) is 0 Å². The van der Waals surface area contributed by atoms with Gasteiger partial charge in [-0.05, 0) is 30.6 Å². The zero-order valence-electron chi connectivity index (χ0n) is 13.1. The van der Waals surface area contributed by atoms with E-state index < -0.39 is 0 Å². The highest BCUT2D eigenvalue weighted by atomic mass is 16.3. The molecule has 1 saturated heterocycles. The second-order valence-electron chi connectivity index (χ2n) is 7.01. The predicted octanol–water partition coefficient (Wildman–Crippen LogP) is 1.63. The van der Waals surface area contributed by atoms with Gasteiger partial charge in [0.15, 0.2) is 0 Å². The summed E-state index contributed by atoms with van der Waals surface area (Å²) < 4.78 is 0. The third-order valence-electron chi connectivity index (χ3n) is 5.36. The average Bonchev–Trinajstić information content (AvgIpc) is 2.39. The summed E-state index contributed by atoms with van der Waals surface area (Å²) in [6.45, 7) is 8.74. The van der Waals surface area contributed by atoms with Gasteiger partial charge >= 0.3 is 0 Å². The Morgan fingerprint density at radius 3 is 2.65 bits per heavy atom. The molecule has 2 rings (SSSR count). The van der Waals surface area contributed by atoms with Crippen LogP contribution in [-0.4, -0.2) is 47.7 Å². The zero-order chi connectivity index (χ0) is 14.7. The first kappa shape index (κ1) is 15.8. The van der Waals surface area contributed by atoms with Gasteiger partial charge in [-0.15, -0.1) is 0 Å². The molecule has 0 aromatic carbocycles. The summed E-state index contributed by atoms with van der Waals surface area (Å²) >= 11 is 0. The lowest BCUT2D eigenvalue weighted by molar-refractivity contribution is -0.124. The molecule has 1 heterocycles. The van der Waals surface area contributed by atoms with Gasteiger partial charge in [-0.25, -0.2) is 0 Å². The summed E-state index contributed by atoms with van der Waals surface area (Å²) in [5.74, 6) is 1.71. The van der Waals surface area contributed by atoms with Crippen LogP contribution in [0.4, 0.5) is 0 Å². The second-order valence-corrected chi connectivity index (χ2v) is 7.01. The topological polar surface area (TPSA) is 52.6 Å². The lowest BCUT2D eigenvalue weighted by Crippen LogP contribution is -2.50. The number of nitrogens with one attached hydrogen (secondary N) is 1. The van der Waals surface area contributed by atoms with E-state index in [0.717, 1.165) is 25.9 Å². The van der Waals surface area contributed by atoms with E-state index in [0.29, 0.717) is 24.4 Å². The lowest BCUT2D eigenvalue weighted by Gasteiger charge is -2.36. The number of piperidine rings is 1. The van der Waals surface area contributed by atoms with Gasteiger partial charge in [0.05, 0.1) is 12.6 Å². The van der Waals surface area contributed by atoms with Crippen LogP contribution in [0.1, 0.15) is 46.5 Å². The Morgan fingerprint density at radius 2 is 1.95 bits per heavy atom. The third kappa shape index (κ3) is 3.95. The van der Waals surface area contributed by atoms with Gasteiger partial charge in [0.1, 0.15) is 0 Å². The van der Waals surface area contributed by atoms with E-state index in [9.17, 15) is 9.90 Å². The van der Waals surface area contributed by atoms with Gasteiger partial charge in [0, 0.05) is 19.1 Å². The molecule has 2 aliphatic rings. The molecule has 0 bridgehead atoms. The Labute approximate surface area is 122 Å². The van der Waals surface area contributed by atoms with E-state index in [1.54, 1.807) is 0 Å². The molecule has 0 aromatic rings. The van der Waals surface area contributed by atoms with Crippen molar-refractivity contribution >= 4 is 5.91 Å². The largest absolute Gasteiger partial charge is 0.393 e. The number of carbonyl (C=O) groups excluding carboxylic acids is 1. The normalized spacial score (nSPS) is 39.5. The standard InChI is InChI=1S/C16H30N2O2/c1-11-5-4-6-14(13(11)3)17-16(20)10-18-8-7-15(19)12(2)9-18/h11-15,19H,4-10H2,1-3H3,(H,17,20). The molecule has 1 amide bonds. The van der Waals surface area contributed by atoms with Gasteiger partial charge in [0.25, 0.3) is 0 Å². The van der Waals surface area contributed by atoms with Gasteiger partial charge in [-0.2, -0.15) is 0 Å². The van der Waals surface area contributed by atoms with Crippen LogP contribution in [0.2, 0.25) is 0 Å². The Morgan fingerprint density at radius 1 is 1.20 bits per heavy atom. The van der Waals surface area contributed by atoms with Crippen molar-refractivity contribution < 1.29 is 9.90 Å². The predicted molar refractivity (Wildman–Crippen MR) is 80.3 cm³/mol. The Balaban J connectivity index is 1.77. The van der Waals surface area contributed by atoms with Gasteiger partial charge < -0.3 is 10.4 Å². The first-order chi connectivity index (χ1) is 9.47. The Hall–Kier alpha value is -0.610. The van der Waals surface area contributed by atoms with Crippen LogP contribution in [0.25, 0.3) is 0 Å². The highest BCUT2D eigenvalue weighted by Crippen LogP contribution is 2.29. The molecule has 1 aliphatic carbocycles. The van der Waals surface area contributed by atoms with Crippen molar-refractivity contribution in [3.05, 3.63) is 0 Å². The van der Waals surface area contributed by atoms with Crippen molar-refractivity contribution in [3.63, 3.8) is 0 Å². The summed E-state index contributed by atoms with van der Waals surface area (Å²) in [6.07, 6.45) is 4.21. The number of rotatable bonds is 3. The molecule has 4 nitrogen and oxygen atoms in total. The molecule has 5 atom stereocenters. The highest BCUT2D eigenvalue weighted by molar-refractivity contribution is 5.78. The third-order valence-corrected chi connectivity index (χ3v) is 5.36. The molecule has 2 N–H and O–H groups in total.